The average Bonchev–Trinajstić information content (AvgIpc) is 3.22. The number of rotatable bonds is 4. The summed E-state index contributed by atoms with van der Waals surface area (Å²) in [5.41, 5.74) is 1.06. The summed E-state index contributed by atoms with van der Waals surface area (Å²) in [6.07, 6.45) is 2.07. The Kier molecular flexibility index (Phi) is 3.74. The minimum absolute atomic E-state index is 0.416. The van der Waals surface area contributed by atoms with E-state index >= 15 is 0 Å². The molecule has 7 heteroatoms. The second kappa shape index (κ2) is 5.90. The Morgan fingerprint density at radius 3 is 3.09 bits per heavy atom. The molecular weight excluding hydrogens is 310 g/mol. The minimum atomic E-state index is 0.416. The van der Waals surface area contributed by atoms with Gasteiger partial charge in [0.1, 0.15) is 17.4 Å². The predicted octanol–water partition coefficient (Wildman–Crippen LogP) is 2.72. The number of nitrogens with zero attached hydrogens (tertiary/aromatic N) is 4. The molecule has 4 rings (SSSR count). The molecule has 1 aliphatic rings. The summed E-state index contributed by atoms with van der Waals surface area (Å²) in [4.78, 5) is 9.10. The van der Waals surface area contributed by atoms with Gasteiger partial charge < -0.3 is 9.73 Å². The molecule has 0 unspecified atom stereocenters. The van der Waals surface area contributed by atoms with Gasteiger partial charge in [0, 0.05) is 24.4 Å². The van der Waals surface area contributed by atoms with Crippen LogP contribution in [0.1, 0.15) is 29.5 Å². The molecule has 1 aliphatic heterocycles. The van der Waals surface area contributed by atoms with Crippen LogP contribution in [0.25, 0.3) is 10.8 Å². The molecule has 120 valence electrons. The summed E-state index contributed by atoms with van der Waals surface area (Å²) in [6, 6.07) is 4.36. The molecule has 1 N–H and O–H groups in total. The van der Waals surface area contributed by atoms with Crippen molar-refractivity contribution in [2.75, 3.05) is 0 Å². The molecule has 0 bridgehead atoms. The first kappa shape index (κ1) is 14.6. The van der Waals surface area contributed by atoms with Crippen LogP contribution >= 0.6 is 11.3 Å². The molecule has 0 spiro atoms. The Bertz CT molecular complexity index is 818. The number of aryl methyl sites for hydroxylation is 3. The van der Waals surface area contributed by atoms with Gasteiger partial charge in [-0.2, -0.15) is 5.10 Å². The fourth-order valence-corrected chi connectivity index (χ4v) is 3.68. The van der Waals surface area contributed by atoms with Crippen LogP contribution in [0, 0.1) is 13.8 Å². The maximum Gasteiger partial charge on any atom is 0.162 e. The number of thiazole rings is 1. The monoisotopic (exact) mass is 329 g/mol. The van der Waals surface area contributed by atoms with E-state index in [1.807, 2.05) is 30.7 Å². The van der Waals surface area contributed by atoms with E-state index in [1.54, 1.807) is 11.3 Å². The van der Waals surface area contributed by atoms with E-state index in [0.717, 1.165) is 59.8 Å². The lowest BCUT2D eigenvalue weighted by atomic mass is 10.1. The molecule has 0 radical (unpaired) electrons. The van der Waals surface area contributed by atoms with Crippen LogP contribution in [-0.4, -0.2) is 25.8 Å². The third-order valence-electron chi connectivity index (χ3n) is 4.04. The molecule has 23 heavy (non-hydrogen) atoms. The van der Waals surface area contributed by atoms with Crippen molar-refractivity contribution in [1.82, 2.24) is 25.1 Å². The molecule has 0 saturated carbocycles. The van der Waals surface area contributed by atoms with E-state index in [9.17, 15) is 0 Å². The van der Waals surface area contributed by atoms with Crippen LogP contribution in [-0.2, 0) is 19.5 Å². The van der Waals surface area contributed by atoms with Crippen LogP contribution < -0.4 is 5.32 Å². The fourth-order valence-electron chi connectivity index (χ4n) is 2.90. The van der Waals surface area contributed by atoms with Crippen molar-refractivity contribution < 1.29 is 4.42 Å². The first-order valence-electron chi connectivity index (χ1n) is 7.82. The van der Waals surface area contributed by atoms with Crippen molar-refractivity contribution in [1.29, 1.82) is 0 Å². The smallest absolute Gasteiger partial charge is 0.162 e. The van der Waals surface area contributed by atoms with Crippen molar-refractivity contribution in [3.8, 4) is 10.8 Å². The first-order chi connectivity index (χ1) is 11.2. The van der Waals surface area contributed by atoms with E-state index in [4.69, 9.17) is 4.42 Å². The molecule has 6 nitrogen and oxygen atoms in total. The van der Waals surface area contributed by atoms with E-state index < -0.39 is 0 Å². The summed E-state index contributed by atoms with van der Waals surface area (Å²) in [5, 5.41) is 11.1. The van der Waals surface area contributed by atoms with Gasteiger partial charge in [-0.3, -0.25) is 0 Å². The SMILES string of the molecule is Cc1nc2n(n1)C[C@@H](NCc1csc(-c3ccc(C)o3)n1)CC2. The van der Waals surface area contributed by atoms with E-state index in [1.165, 1.54) is 0 Å². The van der Waals surface area contributed by atoms with Gasteiger partial charge in [-0.05, 0) is 32.4 Å². The lowest BCUT2D eigenvalue weighted by molar-refractivity contribution is 0.356. The number of hydrogen-bond donors (Lipinski definition) is 1. The molecule has 0 amide bonds. The van der Waals surface area contributed by atoms with Crippen molar-refractivity contribution in [3.05, 3.63) is 40.6 Å². The molecule has 0 aromatic carbocycles. The maximum absolute atomic E-state index is 5.63. The molecule has 0 aliphatic carbocycles. The fraction of sp³-hybridized carbons (Fsp3) is 0.438. The summed E-state index contributed by atoms with van der Waals surface area (Å²) >= 11 is 1.62. The molecule has 3 aromatic rings. The molecular formula is C16H19N5OS. The Labute approximate surface area is 138 Å². The van der Waals surface area contributed by atoms with Gasteiger partial charge in [-0.15, -0.1) is 11.3 Å². The van der Waals surface area contributed by atoms with Gasteiger partial charge >= 0.3 is 0 Å². The standard InChI is InChI=1S/C16H19N5OS/c1-10-3-5-14(22-10)16-19-13(9-23-16)7-17-12-4-6-15-18-11(2)20-21(15)8-12/h3,5,9,12,17H,4,6-8H2,1-2H3/t12-/m0/s1. The van der Waals surface area contributed by atoms with E-state index in [0.29, 0.717) is 6.04 Å². The van der Waals surface area contributed by atoms with Gasteiger partial charge in [-0.1, -0.05) is 0 Å². The largest absolute Gasteiger partial charge is 0.459 e. The van der Waals surface area contributed by atoms with E-state index in [2.05, 4.69) is 25.8 Å². The van der Waals surface area contributed by atoms with Crippen LogP contribution in [0.3, 0.4) is 0 Å². The topological polar surface area (TPSA) is 68.8 Å². The number of aromatic nitrogens is 4. The third kappa shape index (κ3) is 3.07. The van der Waals surface area contributed by atoms with Crippen molar-refractivity contribution in [3.63, 3.8) is 0 Å². The highest BCUT2D eigenvalue weighted by Crippen LogP contribution is 2.25. The first-order valence-corrected chi connectivity index (χ1v) is 8.70. The second-order valence-electron chi connectivity index (χ2n) is 5.93. The molecule has 0 fully saturated rings. The third-order valence-corrected chi connectivity index (χ3v) is 4.94. The number of hydrogen-bond acceptors (Lipinski definition) is 6. The van der Waals surface area contributed by atoms with Crippen molar-refractivity contribution in [2.45, 2.75) is 45.8 Å². The zero-order valence-corrected chi connectivity index (χ0v) is 14.1. The lowest BCUT2D eigenvalue weighted by Crippen LogP contribution is -2.37. The predicted molar refractivity (Wildman–Crippen MR) is 88.3 cm³/mol. The minimum Gasteiger partial charge on any atom is -0.459 e. The van der Waals surface area contributed by atoms with Crippen molar-refractivity contribution in [2.24, 2.45) is 0 Å². The van der Waals surface area contributed by atoms with E-state index in [-0.39, 0.29) is 0 Å². The highest BCUT2D eigenvalue weighted by atomic mass is 32.1. The zero-order chi connectivity index (χ0) is 15.8. The second-order valence-corrected chi connectivity index (χ2v) is 6.79. The van der Waals surface area contributed by atoms with Gasteiger partial charge in [0.25, 0.3) is 0 Å². The average molecular weight is 329 g/mol. The number of fused-ring (bicyclic) bond motifs is 1. The quantitative estimate of drug-likeness (QED) is 0.797. The van der Waals surface area contributed by atoms with Crippen LogP contribution in [0.5, 0.6) is 0 Å². The summed E-state index contributed by atoms with van der Waals surface area (Å²) in [6.45, 7) is 5.54. The molecule has 4 heterocycles. The molecule has 0 saturated heterocycles. The lowest BCUT2D eigenvalue weighted by Gasteiger charge is -2.23. The summed E-state index contributed by atoms with van der Waals surface area (Å²) in [5.74, 6) is 3.72. The normalized spacial score (nSPS) is 17.4. The maximum atomic E-state index is 5.63. The van der Waals surface area contributed by atoms with Gasteiger partial charge in [0.15, 0.2) is 10.8 Å². The molecule has 1 atom stereocenters. The Morgan fingerprint density at radius 1 is 1.35 bits per heavy atom. The molecule has 3 aromatic heterocycles. The highest BCUT2D eigenvalue weighted by molar-refractivity contribution is 7.13. The van der Waals surface area contributed by atoms with Gasteiger partial charge in [0.05, 0.1) is 12.2 Å². The Hall–Kier alpha value is -1.99. The van der Waals surface area contributed by atoms with Crippen LogP contribution in [0.2, 0.25) is 0 Å². The van der Waals surface area contributed by atoms with Crippen molar-refractivity contribution >= 4 is 11.3 Å². The van der Waals surface area contributed by atoms with Gasteiger partial charge in [-0.25, -0.2) is 14.6 Å². The van der Waals surface area contributed by atoms with Gasteiger partial charge in [0.2, 0.25) is 0 Å². The number of furan rings is 1. The Balaban J connectivity index is 1.37. The highest BCUT2D eigenvalue weighted by Gasteiger charge is 2.20. The number of nitrogens with one attached hydrogen (secondary N) is 1. The summed E-state index contributed by atoms with van der Waals surface area (Å²) < 4.78 is 7.65. The summed E-state index contributed by atoms with van der Waals surface area (Å²) in [7, 11) is 0. The van der Waals surface area contributed by atoms with Crippen LogP contribution in [0.15, 0.2) is 21.9 Å². The Morgan fingerprint density at radius 2 is 2.26 bits per heavy atom. The zero-order valence-electron chi connectivity index (χ0n) is 13.2. The van der Waals surface area contributed by atoms with Crippen LogP contribution in [0.4, 0.5) is 0 Å².